The smallest absolute Gasteiger partial charge is 0.314 e. The molecule has 1 aromatic heterocycles. The summed E-state index contributed by atoms with van der Waals surface area (Å²) in [5, 5.41) is 0. The number of nitrogens with two attached hydrogens (primary N) is 1. The Balaban J connectivity index is 2.01. The van der Waals surface area contributed by atoms with Crippen molar-refractivity contribution in [2.45, 2.75) is 18.9 Å². The Hall–Kier alpha value is -1.78. The van der Waals surface area contributed by atoms with Crippen LogP contribution >= 0.6 is 0 Å². The first-order chi connectivity index (χ1) is 8.15. The van der Waals surface area contributed by atoms with Crippen LogP contribution in [0.4, 0.5) is 4.79 Å². The van der Waals surface area contributed by atoms with Crippen LogP contribution in [0.15, 0.2) is 23.0 Å². The lowest BCUT2D eigenvalue weighted by atomic mass is 9.83. The molecule has 1 fully saturated rings. The van der Waals surface area contributed by atoms with Gasteiger partial charge in [-0.15, -0.1) is 0 Å². The second-order valence-corrected chi connectivity index (χ2v) is 4.94. The number of likely N-dealkylation sites (tertiary alicyclic amines) is 1. The van der Waals surface area contributed by atoms with Crippen molar-refractivity contribution in [3.05, 3.63) is 34.2 Å². The zero-order valence-electron chi connectivity index (χ0n) is 9.50. The summed E-state index contributed by atoms with van der Waals surface area (Å²) < 4.78 is 1.84. The summed E-state index contributed by atoms with van der Waals surface area (Å²) in [7, 11) is 0. The van der Waals surface area contributed by atoms with Crippen molar-refractivity contribution >= 4 is 6.03 Å². The van der Waals surface area contributed by atoms with E-state index >= 15 is 0 Å². The number of rotatable bonds is 0. The van der Waals surface area contributed by atoms with Crippen molar-refractivity contribution < 1.29 is 4.79 Å². The van der Waals surface area contributed by atoms with Gasteiger partial charge in [0.05, 0.1) is 0 Å². The van der Waals surface area contributed by atoms with Gasteiger partial charge in [0, 0.05) is 37.3 Å². The van der Waals surface area contributed by atoms with Gasteiger partial charge in [0.1, 0.15) is 0 Å². The van der Waals surface area contributed by atoms with E-state index in [0.29, 0.717) is 25.6 Å². The van der Waals surface area contributed by atoms with Crippen LogP contribution in [-0.2, 0) is 6.54 Å². The van der Waals surface area contributed by atoms with E-state index in [1.807, 2.05) is 10.6 Å². The van der Waals surface area contributed by atoms with Crippen molar-refractivity contribution in [2.75, 3.05) is 13.1 Å². The number of aromatic nitrogens is 1. The summed E-state index contributed by atoms with van der Waals surface area (Å²) in [4.78, 5) is 24.7. The van der Waals surface area contributed by atoms with Crippen LogP contribution in [0.25, 0.3) is 0 Å². The molecule has 2 aliphatic heterocycles. The zero-order valence-corrected chi connectivity index (χ0v) is 9.50. The van der Waals surface area contributed by atoms with E-state index < -0.39 is 0 Å². The average molecular weight is 233 g/mol. The molecule has 5 nitrogen and oxygen atoms in total. The van der Waals surface area contributed by atoms with Gasteiger partial charge >= 0.3 is 6.03 Å². The van der Waals surface area contributed by atoms with E-state index in [4.69, 9.17) is 5.73 Å². The standard InChI is InChI=1S/C12H15N3O2/c13-12(17)14-5-8-4-9(7-14)10-2-1-3-11(16)15(10)6-8/h1-3,8-9H,4-7H2,(H2,13,17)/t8-,9-/m1/s1. The number of pyridine rings is 1. The molecule has 1 saturated heterocycles. The minimum Gasteiger partial charge on any atom is -0.351 e. The highest BCUT2D eigenvalue weighted by Gasteiger charge is 2.35. The number of hydrogen-bond donors (Lipinski definition) is 1. The van der Waals surface area contributed by atoms with E-state index in [1.54, 1.807) is 17.0 Å². The topological polar surface area (TPSA) is 68.3 Å². The molecule has 2 amide bonds. The normalized spacial score (nSPS) is 26.5. The maximum Gasteiger partial charge on any atom is 0.314 e. The van der Waals surface area contributed by atoms with Crippen LogP contribution in [0.1, 0.15) is 18.0 Å². The number of primary amides is 1. The van der Waals surface area contributed by atoms with Crippen molar-refractivity contribution in [2.24, 2.45) is 11.7 Å². The van der Waals surface area contributed by atoms with Gasteiger partial charge < -0.3 is 15.2 Å². The van der Waals surface area contributed by atoms with Gasteiger partial charge in [0.15, 0.2) is 0 Å². The number of carbonyl (C=O) groups is 1. The average Bonchev–Trinajstić information content (AvgIpc) is 2.30. The highest BCUT2D eigenvalue weighted by atomic mass is 16.2. The molecule has 0 unspecified atom stereocenters. The van der Waals surface area contributed by atoms with Crippen molar-refractivity contribution in [3.8, 4) is 0 Å². The Morgan fingerprint density at radius 2 is 2.12 bits per heavy atom. The van der Waals surface area contributed by atoms with Crippen molar-refractivity contribution in [3.63, 3.8) is 0 Å². The van der Waals surface area contributed by atoms with E-state index in [9.17, 15) is 9.59 Å². The lowest BCUT2D eigenvalue weighted by Gasteiger charge is -2.42. The monoisotopic (exact) mass is 233 g/mol. The van der Waals surface area contributed by atoms with Gasteiger partial charge in [0.25, 0.3) is 5.56 Å². The first-order valence-corrected chi connectivity index (χ1v) is 5.89. The predicted molar refractivity (Wildman–Crippen MR) is 62.7 cm³/mol. The molecule has 2 aliphatic rings. The summed E-state index contributed by atoms with van der Waals surface area (Å²) in [6.45, 7) is 2.01. The molecule has 2 bridgehead atoms. The molecule has 3 heterocycles. The molecule has 3 rings (SSSR count). The van der Waals surface area contributed by atoms with Crippen LogP contribution in [0.2, 0.25) is 0 Å². The molecule has 0 saturated carbocycles. The molecular weight excluding hydrogens is 218 g/mol. The summed E-state index contributed by atoms with van der Waals surface area (Å²) in [6, 6.07) is 5.01. The Morgan fingerprint density at radius 1 is 1.29 bits per heavy atom. The lowest BCUT2D eigenvalue weighted by molar-refractivity contribution is 0.137. The van der Waals surface area contributed by atoms with Gasteiger partial charge in [0.2, 0.25) is 0 Å². The maximum atomic E-state index is 11.8. The maximum absolute atomic E-state index is 11.8. The molecule has 17 heavy (non-hydrogen) atoms. The second-order valence-electron chi connectivity index (χ2n) is 4.94. The molecule has 0 spiro atoms. The third-order valence-electron chi connectivity index (χ3n) is 3.79. The quantitative estimate of drug-likeness (QED) is 0.702. The lowest BCUT2D eigenvalue weighted by Crippen LogP contribution is -2.50. The van der Waals surface area contributed by atoms with Crippen molar-refractivity contribution in [1.82, 2.24) is 9.47 Å². The molecule has 0 aliphatic carbocycles. The molecule has 90 valence electrons. The molecule has 0 radical (unpaired) electrons. The van der Waals surface area contributed by atoms with E-state index in [0.717, 1.165) is 12.1 Å². The predicted octanol–water partition coefficient (Wildman–Crippen LogP) is 0.346. The zero-order chi connectivity index (χ0) is 12.0. The fourth-order valence-corrected chi connectivity index (χ4v) is 3.08. The largest absolute Gasteiger partial charge is 0.351 e. The fraction of sp³-hybridized carbons (Fsp3) is 0.500. The van der Waals surface area contributed by atoms with Crippen LogP contribution in [0.3, 0.4) is 0 Å². The minimum atomic E-state index is -0.355. The number of urea groups is 1. The Labute approximate surface area is 98.8 Å². The van der Waals surface area contributed by atoms with Crippen LogP contribution in [-0.4, -0.2) is 28.6 Å². The molecule has 0 aromatic carbocycles. The summed E-state index contributed by atoms with van der Waals surface area (Å²) in [6.07, 6.45) is 1.05. The SMILES string of the molecule is NC(=O)N1C[C@H]2C[C@H](C1)c1cccc(=O)n1C2. The number of amides is 2. The van der Waals surface area contributed by atoms with Gasteiger partial charge in [-0.2, -0.15) is 0 Å². The summed E-state index contributed by atoms with van der Waals surface area (Å²) in [5.41, 5.74) is 6.44. The first kappa shape index (κ1) is 10.4. The third-order valence-corrected chi connectivity index (χ3v) is 3.79. The summed E-state index contributed by atoms with van der Waals surface area (Å²) >= 11 is 0. The van der Waals surface area contributed by atoms with Gasteiger partial charge in [-0.05, 0) is 18.4 Å². The highest BCUT2D eigenvalue weighted by molar-refractivity contribution is 5.72. The molecule has 2 N–H and O–H groups in total. The van der Waals surface area contributed by atoms with Crippen LogP contribution in [0.5, 0.6) is 0 Å². The highest BCUT2D eigenvalue weighted by Crippen LogP contribution is 2.34. The number of nitrogens with zero attached hydrogens (tertiary/aromatic N) is 2. The van der Waals surface area contributed by atoms with E-state index in [1.165, 1.54) is 0 Å². The number of piperidine rings is 1. The molecule has 1 aromatic rings. The second kappa shape index (κ2) is 3.61. The summed E-state index contributed by atoms with van der Waals surface area (Å²) in [5.74, 6) is 0.609. The minimum absolute atomic E-state index is 0.0599. The molecular formula is C12H15N3O2. The Kier molecular flexibility index (Phi) is 2.21. The fourth-order valence-electron chi connectivity index (χ4n) is 3.08. The number of hydrogen-bond acceptors (Lipinski definition) is 2. The van der Waals surface area contributed by atoms with Gasteiger partial charge in [-0.1, -0.05) is 6.07 Å². The molecule has 5 heteroatoms. The van der Waals surface area contributed by atoms with Gasteiger partial charge in [-0.3, -0.25) is 4.79 Å². The molecule has 2 atom stereocenters. The van der Waals surface area contributed by atoms with E-state index in [-0.39, 0.29) is 17.5 Å². The van der Waals surface area contributed by atoms with E-state index in [2.05, 4.69) is 0 Å². The van der Waals surface area contributed by atoms with Crippen LogP contribution < -0.4 is 11.3 Å². The van der Waals surface area contributed by atoms with Gasteiger partial charge in [-0.25, -0.2) is 4.79 Å². The Morgan fingerprint density at radius 3 is 2.88 bits per heavy atom. The Bertz CT molecular complexity index is 523. The van der Waals surface area contributed by atoms with Crippen molar-refractivity contribution in [1.29, 1.82) is 0 Å². The number of fused-ring (bicyclic) bond motifs is 4. The number of carbonyl (C=O) groups excluding carboxylic acids is 1. The third kappa shape index (κ3) is 1.62. The van der Waals surface area contributed by atoms with Crippen LogP contribution in [0, 0.1) is 5.92 Å². The first-order valence-electron chi connectivity index (χ1n) is 5.89.